The van der Waals surface area contributed by atoms with E-state index in [4.69, 9.17) is 11.6 Å². The average Bonchev–Trinajstić information content (AvgIpc) is 2.72. The number of halogens is 1. The summed E-state index contributed by atoms with van der Waals surface area (Å²) in [6.07, 6.45) is 4.72. The lowest BCUT2D eigenvalue weighted by Gasteiger charge is -2.31. The lowest BCUT2D eigenvalue weighted by atomic mass is 9.95. The van der Waals surface area contributed by atoms with Crippen LogP contribution in [0.4, 0.5) is 11.4 Å². The number of benzene rings is 2. The van der Waals surface area contributed by atoms with Gasteiger partial charge in [-0.15, -0.1) is 0 Å². The molecule has 1 saturated heterocycles. The number of nitrogens with one attached hydrogen (secondary N) is 1. The van der Waals surface area contributed by atoms with Gasteiger partial charge in [-0.25, -0.2) is 0 Å². The van der Waals surface area contributed by atoms with Crippen molar-refractivity contribution < 1.29 is 9.59 Å². The average molecular weight is 412 g/mol. The third kappa shape index (κ3) is 5.61. The van der Waals surface area contributed by atoms with Crippen molar-refractivity contribution in [3.63, 3.8) is 0 Å². The molecule has 1 aliphatic heterocycles. The highest BCUT2D eigenvalue weighted by molar-refractivity contribution is 6.31. The number of piperidine rings is 1. The summed E-state index contributed by atoms with van der Waals surface area (Å²) >= 11 is 6.10. The first-order valence-electron chi connectivity index (χ1n) is 9.74. The molecule has 2 aromatic carbocycles. The highest BCUT2D eigenvalue weighted by atomic mass is 35.5. The zero-order valence-electron chi connectivity index (χ0n) is 16.8. The largest absolute Gasteiger partial charge is 0.376 e. The first-order chi connectivity index (χ1) is 13.9. The van der Waals surface area contributed by atoms with E-state index in [0.717, 1.165) is 11.3 Å². The Morgan fingerprint density at radius 3 is 2.45 bits per heavy atom. The van der Waals surface area contributed by atoms with Gasteiger partial charge in [0.25, 0.3) is 0 Å². The van der Waals surface area contributed by atoms with Crippen molar-refractivity contribution in [3.05, 3.63) is 65.2 Å². The summed E-state index contributed by atoms with van der Waals surface area (Å²) in [4.78, 5) is 28.9. The Balaban J connectivity index is 1.55. The van der Waals surface area contributed by atoms with E-state index in [2.05, 4.69) is 5.32 Å². The van der Waals surface area contributed by atoms with Crippen LogP contribution in [0, 0.1) is 5.92 Å². The number of hydrogen-bond donors (Lipinski definition) is 1. The van der Waals surface area contributed by atoms with Gasteiger partial charge in [0.1, 0.15) is 0 Å². The van der Waals surface area contributed by atoms with Crippen molar-refractivity contribution in [1.29, 1.82) is 0 Å². The van der Waals surface area contributed by atoms with Crippen molar-refractivity contribution in [3.8, 4) is 0 Å². The van der Waals surface area contributed by atoms with Crippen LogP contribution in [-0.2, 0) is 9.59 Å². The quantitative estimate of drug-likeness (QED) is 0.746. The Morgan fingerprint density at radius 2 is 1.79 bits per heavy atom. The summed E-state index contributed by atoms with van der Waals surface area (Å²) < 4.78 is 0. The number of carbonyl (C=O) groups excluding carboxylic acids is 2. The summed E-state index contributed by atoms with van der Waals surface area (Å²) in [5, 5.41) is 3.59. The van der Waals surface area contributed by atoms with Crippen LogP contribution < -0.4 is 10.2 Å². The molecule has 0 aromatic heterocycles. The Bertz CT molecular complexity index is 888. The number of rotatable bonds is 5. The van der Waals surface area contributed by atoms with Gasteiger partial charge in [-0.05, 0) is 42.7 Å². The molecular formula is C23H26ClN3O2. The molecule has 0 bridgehead atoms. The molecule has 3 rings (SSSR count). The van der Waals surface area contributed by atoms with Gasteiger partial charge in [-0.2, -0.15) is 0 Å². The van der Waals surface area contributed by atoms with Crippen molar-refractivity contribution >= 4 is 40.9 Å². The Labute approximate surface area is 177 Å². The van der Waals surface area contributed by atoms with Crippen LogP contribution in [0.25, 0.3) is 6.08 Å². The van der Waals surface area contributed by atoms with Crippen LogP contribution in [-0.4, -0.2) is 43.9 Å². The molecule has 0 radical (unpaired) electrons. The number of hydrogen-bond acceptors (Lipinski definition) is 3. The van der Waals surface area contributed by atoms with Crippen molar-refractivity contribution in [2.24, 2.45) is 5.92 Å². The summed E-state index contributed by atoms with van der Waals surface area (Å²) in [5.74, 6) is -0.161. The molecule has 1 aliphatic rings. The van der Waals surface area contributed by atoms with E-state index in [-0.39, 0.29) is 17.7 Å². The molecule has 1 heterocycles. The van der Waals surface area contributed by atoms with E-state index in [0.29, 0.717) is 36.6 Å². The molecule has 0 saturated carbocycles. The Kier molecular flexibility index (Phi) is 6.94. The van der Waals surface area contributed by atoms with Crippen molar-refractivity contribution in [2.75, 3.05) is 37.4 Å². The smallest absolute Gasteiger partial charge is 0.246 e. The Morgan fingerprint density at radius 1 is 1.10 bits per heavy atom. The number of carbonyl (C=O) groups is 2. The minimum atomic E-state index is -0.119. The first kappa shape index (κ1) is 20.9. The highest BCUT2D eigenvalue weighted by Crippen LogP contribution is 2.29. The predicted octanol–water partition coefficient (Wildman–Crippen LogP) is 4.30. The van der Waals surface area contributed by atoms with Crippen LogP contribution in [0.5, 0.6) is 0 Å². The van der Waals surface area contributed by atoms with Gasteiger partial charge in [0.05, 0.1) is 11.4 Å². The normalized spacial score (nSPS) is 14.8. The molecule has 29 heavy (non-hydrogen) atoms. The van der Waals surface area contributed by atoms with Crippen LogP contribution >= 0.6 is 11.6 Å². The number of amides is 2. The van der Waals surface area contributed by atoms with Crippen LogP contribution in [0.2, 0.25) is 5.02 Å². The maximum Gasteiger partial charge on any atom is 0.246 e. The van der Waals surface area contributed by atoms with E-state index >= 15 is 0 Å². The molecule has 1 N–H and O–H groups in total. The predicted molar refractivity (Wildman–Crippen MR) is 119 cm³/mol. The maximum absolute atomic E-state index is 12.8. The molecule has 1 fully saturated rings. The van der Waals surface area contributed by atoms with E-state index < -0.39 is 0 Å². The van der Waals surface area contributed by atoms with Gasteiger partial charge in [0.15, 0.2) is 0 Å². The van der Waals surface area contributed by atoms with Gasteiger partial charge in [0.2, 0.25) is 11.8 Å². The van der Waals surface area contributed by atoms with E-state index in [1.807, 2.05) is 61.5 Å². The Hall–Kier alpha value is -2.79. The molecule has 0 spiro atoms. The van der Waals surface area contributed by atoms with Crippen LogP contribution in [0.15, 0.2) is 54.6 Å². The van der Waals surface area contributed by atoms with Crippen molar-refractivity contribution in [2.45, 2.75) is 12.8 Å². The molecule has 0 aliphatic carbocycles. The fourth-order valence-corrected chi connectivity index (χ4v) is 3.60. The standard InChI is InChI=1S/C23H26ClN3O2/c1-26(2)21-10-9-19(24)16-20(21)25-23(29)18-12-14-27(15-13-18)22(28)11-8-17-6-4-3-5-7-17/h3-11,16,18H,12-15H2,1-2H3,(H,25,29)/b11-8+. The molecule has 0 atom stereocenters. The van der Waals surface area contributed by atoms with E-state index in [1.165, 1.54) is 0 Å². The third-order valence-electron chi connectivity index (χ3n) is 5.09. The fourth-order valence-electron chi connectivity index (χ4n) is 3.43. The SMILES string of the molecule is CN(C)c1ccc(Cl)cc1NC(=O)C1CCN(C(=O)/C=C/c2ccccc2)CC1. The summed E-state index contributed by atoms with van der Waals surface area (Å²) in [5.41, 5.74) is 2.60. The summed E-state index contributed by atoms with van der Waals surface area (Å²) in [6, 6.07) is 15.2. The van der Waals surface area contributed by atoms with Crippen LogP contribution in [0.3, 0.4) is 0 Å². The molecular weight excluding hydrogens is 386 g/mol. The monoisotopic (exact) mass is 411 g/mol. The lowest BCUT2D eigenvalue weighted by molar-refractivity contribution is -0.130. The topological polar surface area (TPSA) is 52.7 Å². The minimum absolute atomic E-state index is 0.0163. The van der Waals surface area contributed by atoms with Gasteiger partial charge in [-0.3, -0.25) is 9.59 Å². The van der Waals surface area contributed by atoms with E-state index in [9.17, 15) is 9.59 Å². The second kappa shape index (κ2) is 9.61. The number of anilines is 2. The second-order valence-corrected chi connectivity index (χ2v) is 7.83. The van der Waals surface area contributed by atoms with Gasteiger partial charge in [0, 0.05) is 44.2 Å². The van der Waals surface area contributed by atoms with Gasteiger partial charge in [-0.1, -0.05) is 41.9 Å². The summed E-state index contributed by atoms with van der Waals surface area (Å²) in [7, 11) is 3.85. The van der Waals surface area contributed by atoms with Crippen LogP contribution in [0.1, 0.15) is 18.4 Å². The third-order valence-corrected chi connectivity index (χ3v) is 5.33. The molecule has 6 heteroatoms. The highest BCUT2D eigenvalue weighted by Gasteiger charge is 2.27. The zero-order chi connectivity index (χ0) is 20.8. The van der Waals surface area contributed by atoms with Gasteiger partial charge >= 0.3 is 0 Å². The van der Waals surface area contributed by atoms with Crippen molar-refractivity contribution in [1.82, 2.24) is 4.90 Å². The minimum Gasteiger partial charge on any atom is -0.376 e. The summed E-state index contributed by atoms with van der Waals surface area (Å²) in [6.45, 7) is 1.15. The first-order valence-corrected chi connectivity index (χ1v) is 10.1. The molecule has 0 unspecified atom stereocenters. The lowest BCUT2D eigenvalue weighted by Crippen LogP contribution is -2.40. The van der Waals surface area contributed by atoms with E-state index in [1.54, 1.807) is 23.1 Å². The maximum atomic E-state index is 12.8. The molecule has 152 valence electrons. The molecule has 2 aromatic rings. The zero-order valence-corrected chi connectivity index (χ0v) is 17.5. The fraction of sp³-hybridized carbons (Fsp3) is 0.304. The number of nitrogens with zero attached hydrogens (tertiary/aromatic N) is 2. The number of likely N-dealkylation sites (tertiary alicyclic amines) is 1. The second-order valence-electron chi connectivity index (χ2n) is 7.39. The molecule has 5 nitrogen and oxygen atoms in total. The van der Waals surface area contributed by atoms with Gasteiger partial charge < -0.3 is 15.1 Å². The molecule has 2 amide bonds.